The number of unbranched alkanes of at least 4 members (excludes halogenated alkanes) is 2. The van der Waals surface area contributed by atoms with Gasteiger partial charge in [0.05, 0.1) is 45.4 Å². The van der Waals surface area contributed by atoms with Crippen molar-refractivity contribution in [2.24, 2.45) is 5.41 Å². The van der Waals surface area contributed by atoms with E-state index in [0.29, 0.717) is 77.6 Å². The Balaban J connectivity index is 1.33. The second-order valence-corrected chi connectivity index (χ2v) is 25.1. The van der Waals surface area contributed by atoms with Crippen LogP contribution in [0.5, 0.6) is 0 Å². The molecule has 0 radical (unpaired) electrons. The van der Waals surface area contributed by atoms with Crippen LogP contribution >= 0.6 is 24.1 Å². The maximum atomic E-state index is 12.9. The van der Waals surface area contributed by atoms with Crippen molar-refractivity contribution >= 4 is 87.1 Å². The van der Waals surface area contributed by atoms with E-state index in [2.05, 4.69) is 19.3 Å². The first kappa shape index (κ1) is 54.8. The molecule has 1 aliphatic carbocycles. The van der Waals surface area contributed by atoms with Gasteiger partial charge in [0.15, 0.2) is 0 Å². The molecule has 3 atom stereocenters. The molecule has 1 fully saturated rings. The number of nitrogens with zero attached hydrogens (tertiary/aromatic N) is 2. The van der Waals surface area contributed by atoms with E-state index in [9.17, 15) is 51.9 Å². The van der Waals surface area contributed by atoms with Gasteiger partial charge in [-0.1, -0.05) is 92.4 Å². The molecule has 20 nitrogen and oxygen atoms in total. The molecule has 0 bridgehead atoms. The Morgan fingerprint density at radius 3 is 1.97 bits per heavy atom. The van der Waals surface area contributed by atoms with Crippen LogP contribution in [-0.2, 0) is 64.6 Å². The molecule has 6 rings (SSSR count). The summed E-state index contributed by atoms with van der Waals surface area (Å²) < 4.78 is 145. The van der Waals surface area contributed by atoms with Crippen molar-refractivity contribution in [3.63, 3.8) is 0 Å². The lowest BCUT2D eigenvalue weighted by Gasteiger charge is -2.35. The topological polar surface area (TPSA) is 301 Å². The normalized spacial score (nSPS) is 21.1. The second kappa shape index (κ2) is 21.7. The number of anilines is 1. The van der Waals surface area contributed by atoms with Crippen molar-refractivity contribution in [2.75, 3.05) is 29.5 Å². The van der Waals surface area contributed by atoms with Crippen LogP contribution in [0.25, 0.3) is 16.8 Å². The summed E-state index contributed by atoms with van der Waals surface area (Å²) in [6, 6.07) is 8.03. The summed E-state index contributed by atoms with van der Waals surface area (Å²) in [7, 11) is -17.9. The van der Waals surface area contributed by atoms with Gasteiger partial charge in [-0.2, -0.15) is 33.7 Å². The molecule has 0 saturated carbocycles. The van der Waals surface area contributed by atoms with Crippen molar-refractivity contribution in [1.29, 1.82) is 0 Å². The molecule has 6 N–H and O–H groups in total. The van der Waals surface area contributed by atoms with Gasteiger partial charge in [0, 0.05) is 56.5 Å². The molecule has 3 aromatic rings. The number of likely N-dealkylation sites (tertiary alicyclic amines) is 1. The van der Waals surface area contributed by atoms with E-state index in [1.54, 1.807) is 48.6 Å². The minimum absolute atomic E-state index is 0.153. The average Bonchev–Trinajstić information content (AvgIpc) is 3.60. The Morgan fingerprint density at radius 2 is 1.35 bits per heavy atom. The van der Waals surface area contributed by atoms with Crippen LogP contribution in [0.3, 0.4) is 0 Å². The molecular formula is C43H52N2O18S6. The molecule has 1 saturated heterocycles. The number of hydrogen-bond acceptors (Lipinski definition) is 18. The first-order chi connectivity index (χ1) is 32.2. The van der Waals surface area contributed by atoms with Gasteiger partial charge in [-0.25, -0.2) is 10.5 Å². The quantitative estimate of drug-likeness (QED) is 0.0138. The monoisotopic (exact) mass is 1080 g/mol. The minimum Gasteiger partial charge on any atom is -0.344 e. The number of allylic oxidation sites excluding steroid dienone is 7. The Labute approximate surface area is 409 Å². The summed E-state index contributed by atoms with van der Waals surface area (Å²) >= 11 is 1.07. The van der Waals surface area contributed by atoms with Crippen molar-refractivity contribution in [3.8, 4) is 0 Å². The summed E-state index contributed by atoms with van der Waals surface area (Å²) in [5, 5.41) is 26.1. The van der Waals surface area contributed by atoms with E-state index >= 15 is 0 Å². The Hall–Kier alpha value is -3.52. The lowest BCUT2D eigenvalue weighted by atomic mass is 9.68. The van der Waals surface area contributed by atoms with Gasteiger partial charge in [-0.3, -0.25) is 23.1 Å². The van der Waals surface area contributed by atoms with E-state index in [4.69, 9.17) is 14.8 Å². The number of hydrogen-bond donors (Lipinski definition) is 6. The van der Waals surface area contributed by atoms with Crippen molar-refractivity contribution in [2.45, 2.75) is 96.4 Å². The van der Waals surface area contributed by atoms with Crippen LogP contribution in [0.2, 0.25) is 0 Å². The largest absolute Gasteiger partial charge is 0.344 e. The third kappa shape index (κ3) is 12.8. The zero-order valence-electron chi connectivity index (χ0n) is 37.5. The summed E-state index contributed by atoms with van der Waals surface area (Å²) in [6.07, 6.45) is 17.5. The highest BCUT2D eigenvalue weighted by Gasteiger charge is 2.55. The molecule has 3 aliphatic rings. The average molecular weight is 1080 g/mol. The van der Waals surface area contributed by atoms with Gasteiger partial charge in [0.2, 0.25) is 0 Å². The second-order valence-electron chi connectivity index (χ2n) is 17.6. The number of benzene rings is 3. The molecule has 0 aromatic heterocycles. The maximum Gasteiger partial charge on any atom is 0.294 e. The highest BCUT2D eigenvalue weighted by molar-refractivity contribution is 7.95. The Morgan fingerprint density at radius 1 is 0.725 bits per heavy atom. The van der Waals surface area contributed by atoms with E-state index in [-0.39, 0.29) is 33.6 Å². The third-order valence-corrected chi connectivity index (χ3v) is 17.0. The van der Waals surface area contributed by atoms with Crippen molar-refractivity contribution in [1.82, 2.24) is 4.90 Å². The van der Waals surface area contributed by atoms with E-state index in [1.807, 2.05) is 56.9 Å². The molecule has 2 aliphatic heterocycles. The van der Waals surface area contributed by atoms with Crippen LogP contribution in [0, 0.1) is 5.41 Å². The van der Waals surface area contributed by atoms with Crippen LogP contribution in [0.1, 0.15) is 76.0 Å². The highest BCUT2D eigenvalue weighted by atomic mass is 32.2. The minimum atomic E-state index is -4.79. The van der Waals surface area contributed by atoms with E-state index < -0.39 is 79.7 Å². The number of rotatable bonds is 22. The summed E-state index contributed by atoms with van der Waals surface area (Å²) in [5.41, 5.74) is 1.55. The summed E-state index contributed by atoms with van der Waals surface area (Å²) in [6.45, 7) is 8.51. The van der Waals surface area contributed by atoms with Gasteiger partial charge in [0.25, 0.3) is 40.5 Å². The molecule has 3 aromatic carbocycles. The first-order valence-electron chi connectivity index (χ1n) is 21.1. The fourth-order valence-electron chi connectivity index (χ4n) is 9.74. The van der Waals surface area contributed by atoms with Gasteiger partial charge in [0.1, 0.15) is 0 Å². The molecular weight excluding hydrogens is 1020 g/mol. The van der Waals surface area contributed by atoms with E-state index in [0.717, 1.165) is 11.3 Å². The van der Waals surface area contributed by atoms with Gasteiger partial charge in [-0.05, 0) is 96.1 Å². The SMILES string of the molecule is CC1(C)\C(=C/C=C/C=C/C=C/C2N(CCCCS(=O)(=O)O)C3C=Cc4cc(SOOO)cc(S(=O)(=O)O)c4C3C2(C)C)N(CCCCS(=O)(=O)O)c2ccc3cc(S(=O)(=O)O)cc(SOOO)c3c21. The third-order valence-electron chi connectivity index (χ3n) is 12.4. The van der Waals surface area contributed by atoms with Gasteiger partial charge < -0.3 is 4.90 Å². The smallest absolute Gasteiger partial charge is 0.294 e. The van der Waals surface area contributed by atoms with Crippen LogP contribution < -0.4 is 4.90 Å². The Kier molecular flexibility index (Phi) is 17.2. The van der Waals surface area contributed by atoms with E-state index in [1.165, 1.54) is 18.2 Å². The molecule has 26 heteroatoms. The zero-order valence-corrected chi connectivity index (χ0v) is 42.4. The molecule has 0 spiro atoms. The molecule has 378 valence electrons. The fraction of sp³-hybridized carbons (Fsp3) is 0.395. The lowest BCUT2D eigenvalue weighted by molar-refractivity contribution is -0.432. The predicted molar refractivity (Wildman–Crippen MR) is 258 cm³/mol. The van der Waals surface area contributed by atoms with Crippen LogP contribution in [0.4, 0.5) is 5.69 Å². The first-order valence-corrected chi connectivity index (χ1v) is 28.7. The van der Waals surface area contributed by atoms with Gasteiger partial charge >= 0.3 is 0 Å². The maximum absolute atomic E-state index is 12.9. The standard InChI is InChI=1S/C43H52N2O18S6/c1-42(2)36(44(20-10-12-22-66(48,49)50)32-19-17-29-25-31(68(54,55)56)27-34(65-63-61-47)38(29)40(32)42)14-8-6-5-7-9-15-37-43(3,4)41-33(45(37)21-11-13-23-67(51,52)53)18-16-28-24-30(64-62-60-46)26-35(39(28)41)69(57,58)59/h5-9,14-19,24-27,33,37,41,46-47H,10-13,20-23H2,1-4H3,(H,48,49,50)(H,51,52,53)(H,54,55,56)(H,57,58,59)/b7-5+,8-6+,15-9+,36-14+. The molecule has 0 amide bonds. The van der Waals surface area contributed by atoms with Crippen LogP contribution in [-0.4, -0.2) is 104 Å². The van der Waals surface area contributed by atoms with Crippen molar-refractivity contribution < 1.29 is 81.1 Å². The Bertz CT molecular complexity index is 3040. The van der Waals surface area contributed by atoms with Crippen LogP contribution in [0.15, 0.2) is 110 Å². The van der Waals surface area contributed by atoms with Crippen molar-refractivity contribution in [3.05, 3.63) is 107 Å². The molecule has 3 unspecified atom stereocenters. The summed E-state index contributed by atoms with van der Waals surface area (Å²) in [5.74, 6) is -1.38. The fourth-order valence-corrected chi connectivity index (χ4v) is 13.4. The molecule has 2 heterocycles. The number of fused-ring (bicyclic) bond motifs is 6. The summed E-state index contributed by atoms with van der Waals surface area (Å²) in [4.78, 5) is 3.78. The molecule has 69 heavy (non-hydrogen) atoms. The highest BCUT2D eigenvalue weighted by Crippen LogP contribution is 2.57. The lowest BCUT2D eigenvalue weighted by Crippen LogP contribution is -2.38. The van der Waals surface area contributed by atoms with Gasteiger partial charge in [-0.15, -0.1) is 8.67 Å². The predicted octanol–water partition coefficient (Wildman–Crippen LogP) is 8.07. The zero-order chi connectivity index (χ0) is 50.7.